The Kier molecular flexibility index (Phi) is 7.25. The van der Waals surface area contributed by atoms with Crippen LogP contribution in [0.1, 0.15) is 37.6 Å². The Hall–Kier alpha value is -1.64. The number of hydrogen-bond donors (Lipinski definition) is 2. The molecular formula is C19H31N3O4S. The van der Waals surface area contributed by atoms with Crippen LogP contribution in [-0.4, -0.2) is 58.5 Å². The van der Waals surface area contributed by atoms with Crippen LogP contribution in [0.2, 0.25) is 0 Å². The summed E-state index contributed by atoms with van der Waals surface area (Å²) in [5.74, 6) is 0.533. The van der Waals surface area contributed by atoms with Crippen LogP contribution in [-0.2, 0) is 10.0 Å². The maximum absolute atomic E-state index is 13.2. The van der Waals surface area contributed by atoms with E-state index in [2.05, 4.69) is 24.5 Å². The van der Waals surface area contributed by atoms with Gasteiger partial charge in [0.25, 0.3) is 5.91 Å². The lowest BCUT2D eigenvalue weighted by Gasteiger charge is -2.34. The maximum Gasteiger partial charge on any atom is 0.251 e. The van der Waals surface area contributed by atoms with E-state index < -0.39 is 10.0 Å². The number of carbonyl (C=O) groups is 1. The largest absolute Gasteiger partial charge is 0.495 e. The van der Waals surface area contributed by atoms with E-state index in [0.29, 0.717) is 37.0 Å². The second-order valence-corrected chi connectivity index (χ2v) is 9.44. The summed E-state index contributed by atoms with van der Waals surface area (Å²) in [5.41, 5.74) is 0.302. The second-order valence-electron chi connectivity index (χ2n) is 7.53. The Balaban J connectivity index is 2.32. The fourth-order valence-electron chi connectivity index (χ4n) is 3.41. The van der Waals surface area contributed by atoms with Gasteiger partial charge >= 0.3 is 0 Å². The molecule has 27 heavy (non-hydrogen) atoms. The van der Waals surface area contributed by atoms with E-state index in [1.165, 1.54) is 17.5 Å². The van der Waals surface area contributed by atoms with Crippen molar-refractivity contribution in [2.24, 2.45) is 11.8 Å². The molecule has 0 aromatic heterocycles. The van der Waals surface area contributed by atoms with Crippen molar-refractivity contribution in [2.75, 3.05) is 33.8 Å². The number of amides is 1. The molecule has 1 aromatic carbocycles. The summed E-state index contributed by atoms with van der Waals surface area (Å²) in [6.07, 6.45) is 1.01. The van der Waals surface area contributed by atoms with Crippen molar-refractivity contribution in [3.05, 3.63) is 23.8 Å². The molecule has 1 amide bonds. The van der Waals surface area contributed by atoms with Crippen molar-refractivity contribution < 1.29 is 17.9 Å². The van der Waals surface area contributed by atoms with Crippen LogP contribution in [0, 0.1) is 11.8 Å². The predicted molar refractivity (Wildman–Crippen MR) is 106 cm³/mol. The molecule has 1 saturated heterocycles. The van der Waals surface area contributed by atoms with Gasteiger partial charge in [0.15, 0.2) is 0 Å². The van der Waals surface area contributed by atoms with Gasteiger partial charge in [0, 0.05) is 31.2 Å². The van der Waals surface area contributed by atoms with Gasteiger partial charge in [-0.1, -0.05) is 13.8 Å². The minimum absolute atomic E-state index is 0.0422. The van der Waals surface area contributed by atoms with E-state index in [-0.39, 0.29) is 22.6 Å². The van der Waals surface area contributed by atoms with E-state index >= 15 is 0 Å². The van der Waals surface area contributed by atoms with Crippen molar-refractivity contribution in [3.8, 4) is 5.75 Å². The number of piperidine rings is 1. The molecule has 1 heterocycles. The van der Waals surface area contributed by atoms with Crippen molar-refractivity contribution >= 4 is 15.9 Å². The van der Waals surface area contributed by atoms with Gasteiger partial charge in [-0.25, -0.2) is 8.42 Å². The number of hydrogen-bond acceptors (Lipinski definition) is 5. The summed E-state index contributed by atoms with van der Waals surface area (Å²) in [7, 11) is -0.497. The third-order valence-electron chi connectivity index (χ3n) is 4.94. The molecule has 3 unspecified atom stereocenters. The van der Waals surface area contributed by atoms with Gasteiger partial charge in [-0.05, 0) is 50.4 Å². The second kappa shape index (κ2) is 9.03. The highest BCUT2D eigenvalue weighted by Crippen LogP contribution is 2.32. The Morgan fingerprint density at radius 2 is 1.93 bits per heavy atom. The number of benzene rings is 1. The highest BCUT2D eigenvalue weighted by atomic mass is 32.2. The Morgan fingerprint density at radius 1 is 1.30 bits per heavy atom. The molecule has 3 atom stereocenters. The Morgan fingerprint density at radius 3 is 2.48 bits per heavy atom. The molecule has 1 fully saturated rings. The zero-order valence-electron chi connectivity index (χ0n) is 16.8. The molecule has 0 bridgehead atoms. The molecule has 1 aliphatic rings. The molecular weight excluding hydrogens is 366 g/mol. The summed E-state index contributed by atoms with van der Waals surface area (Å²) in [4.78, 5) is 12.5. The summed E-state index contributed by atoms with van der Waals surface area (Å²) in [5, 5.41) is 5.85. The molecule has 0 aliphatic carbocycles. The first-order valence-corrected chi connectivity index (χ1v) is 10.8. The average Bonchev–Trinajstić information content (AvgIpc) is 2.64. The zero-order valence-corrected chi connectivity index (χ0v) is 17.6. The van der Waals surface area contributed by atoms with Crippen molar-refractivity contribution in [2.45, 2.75) is 38.1 Å². The van der Waals surface area contributed by atoms with E-state index in [4.69, 9.17) is 4.74 Å². The lowest BCUT2D eigenvalue weighted by Crippen LogP contribution is -2.42. The topological polar surface area (TPSA) is 87.7 Å². The van der Waals surface area contributed by atoms with E-state index in [1.807, 2.05) is 14.0 Å². The average molecular weight is 398 g/mol. The first-order valence-electron chi connectivity index (χ1n) is 9.32. The van der Waals surface area contributed by atoms with Crippen LogP contribution in [0.5, 0.6) is 5.75 Å². The standard InChI is InChI=1S/C19H31N3O4S/c1-13-8-14(2)12-22(11-13)27(24,25)18-9-16(6-7-17(18)26-5)19(23)21-10-15(3)20-4/h6-7,9,13-15,20H,8,10-12H2,1-5H3,(H,21,23). The fourth-order valence-corrected chi connectivity index (χ4v) is 5.27. The predicted octanol–water partition coefficient (Wildman–Crippen LogP) is 1.70. The van der Waals surface area contributed by atoms with E-state index in [1.54, 1.807) is 12.1 Å². The monoisotopic (exact) mass is 397 g/mol. The van der Waals surface area contributed by atoms with Gasteiger partial charge in [-0.3, -0.25) is 4.79 Å². The number of sulfonamides is 1. The molecule has 0 spiro atoms. The van der Waals surface area contributed by atoms with Gasteiger partial charge in [0.1, 0.15) is 10.6 Å². The summed E-state index contributed by atoms with van der Waals surface area (Å²) in [6.45, 7) is 7.47. The van der Waals surface area contributed by atoms with Crippen molar-refractivity contribution in [1.82, 2.24) is 14.9 Å². The third kappa shape index (κ3) is 5.21. The smallest absolute Gasteiger partial charge is 0.251 e. The summed E-state index contributed by atoms with van der Waals surface area (Å²) >= 11 is 0. The number of nitrogens with zero attached hydrogens (tertiary/aromatic N) is 1. The molecule has 0 saturated carbocycles. The van der Waals surface area contributed by atoms with Crippen molar-refractivity contribution in [1.29, 1.82) is 0 Å². The molecule has 1 aromatic rings. The van der Waals surface area contributed by atoms with Crippen molar-refractivity contribution in [3.63, 3.8) is 0 Å². The van der Waals surface area contributed by atoms with E-state index in [9.17, 15) is 13.2 Å². The molecule has 1 aliphatic heterocycles. The first-order chi connectivity index (χ1) is 12.7. The number of rotatable bonds is 7. The summed E-state index contributed by atoms with van der Waals surface area (Å²) < 4.78 is 33.3. The van der Waals surface area contributed by atoms with Crippen LogP contribution in [0.3, 0.4) is 0 Å². The highest BCUT2D eigenvalue weighted by molar-refractivity contribution is 7.89. The molecule has 2 rings (SSSR count). The highest BCUT2D eigenvalue weighted by Gasteiger charge is 2.34. The summed E-state index contributed by atoms with van der Waals surface area (Å²) in [6, 6.07) is 4.66. The minimum atomic E-state index is -3.75. The Bertz CT molecular complexity index is 756. The van der Waals surface area contributed by atoms with Gasteiger partial charge in [-0.2, -0.15) is 4.31 Å². The number of likely N-dealkylation sites (N-methyl/N-ethyl adjacent to an activating group) is 1. The lowest BCUT2D eigenvalue weighted by atomic mass is 9.94. The van der Waals surface area contributed by atoms with Gasteiger partial charge < -0.3 is 15.4 Å². The number of ether oxygens (including phenoxy) is 1. The van der Waals surface area contributed by atoms with Gasteiger partial charge in [0.2, 0.25) is 10.0 Å². The SMILES string of the molecule is CNC(C)CNC(=O)c1ccc(OC)c(S(=O)(=O)N2CC(C)CC(C)C2)c1. The normalized spacial score (nSPS) is 22.3. The number of carbonyl (C=O) groups excluding carboxylic acids is 1. The molecule has 8 heteroatoms. The van der Waals surface area contributed by atoms with Gasteiger partial charge in [0.05, 0.1) is 7.11 Å². The maximum atomic E-state index is 13.2. The molecule has 7 nitrogen and oxygen atoms in total. The van der Waals surface area contributed by atoms with Crippen LogP contribution < -0.4 is 15.4 Å². The third-order valence-corrected chi connectivity index (χ3v) is 6.79. The number of nitrogens with one attached hydrogen (secondary N) is 2. The van der Waals surface area contributed by atoms with Crippen LogP contribution >= 0.6 is 0 Å². The minimum Gasteiger partial charge on any atom is -0.495 e. The molecule has 2 N–H and O–H groups in total. The molecule has 152 valence electrons. The van der Waals surface area contributed by atoms with Crippen LogP contribution in [0.25, 0.3) is 0 Å². The molecule has 0 radical (unpaired) electrons. The van der Waals surface area contributed by atoms with E-state index in [0.717, 1.165) is 6.42 Å². The van der Waals surface area contributed by atoms with Crippen LogP contribution in [0.4, 0.5) is 0 Å². The quantitative estimate of drug-likeness (QED) is 0.731. The zero-order chi connectivity index (χ0) is 20.2. The number of methoxy groups -OCH3 is 1. The lowest BCUT2D eigenvalue weighted by molar-refractivity contribution is 0.0950. The first kappa shape index (κ1) is 21.7. The Labute approximate surface area is 162 Å². The van der Waals surface area contributed by atoms with Gasteiger partial charge in [-0.15, -0.1) is 0 Å². The van der Waals surface area contributed by atoms with Crippen LogP contribution in [0.15, 0.2) is 23.1 Å². The fraction of sp³-hybridized carbons (Fsp3) is 0.632.